The van der Waals surface area contributed by atoms with Crippen molar-refractivity contribution in [2.75, 3.05) is 32.8 Å². The van der Waals surface area contributed by atoms with Crippen molar-refractivity contribution in [2.24, 2.45) is 11.3 Å². The highest BCUT2D eigenvalue weighted by molar-refractivity contribution is 5.92. The van der Waals surface area contributed by atoms with Gasteiger partial charge in [0.1, 0.15) is 0 Å². The van der Waals surface area contributed by atoms with Crippen LogP contribution in [0.5, 0.6) is 0 Å². The quantitative estimate of drug-likeness (QED) is 0.534. The normalized spacial score (nSPS) is 27.1. The summed E-state index contributed by atoms with van der Waals surface area (Å²) in [6, 6.07) is 9.80. The van der Waals surface area contributed by atoms with Crippen LogP contribution in [0.25, 0.3) is 6.08 Å². The number of ether oxygens (including phenoxy) is 1. The molecule has 7 nitrogen and oxygen atoms in total. The Balaban J connectivity index is 1.40. The van der Waals surface area contributed by atoms with Gasteiger partial charge in [-0.2, -0.15) is 0 Å². The number of nitrogens with zero attached hydrogens (tertiary/aromatic N) is 1. The summed E-state index contributed by atoms with van der Waals surface area (Å²) in [6.07, 6.45) is 11.0. The number of benzene rings is 1. The van der Waals surface area contributed by atoms with E-state index in [2.05, 4.69) is 22.8 Å². The lowest BCUT2D eigenvalue weighted by molar-refractivity contribution is -0.139. The smallest absolute Gasteiger partial charge is 0.246 e. The number of nitrogens with one attached hydrogen (secondary N) is 2. The maximum absolute atomic E-state index is 13.2. The first-order valence-electron chi connectivity index (χ1n) is 11.9. The lowest BCUT2D eigenvalue weighted by Gasteiger charge is -2.40. The minimum Gasteiger partial charge on any atom is -0.381 e. The Morgan fingerprint density at radius 3 is 2.70 bits per heavy atom. The van der Waals surface area contributed by atoms with Crippen molar-refractivity contribution in [3.8, 4) is 0 Å². The zero-order valence-corrected chi connectivity index (χ0v) is 19.0. The molecule has 0 bridgehead atoms. The predicted molar refractivity (Wildman–Crippen MR) is 126 cm³/mol. The van der Waals surface area contributed by atoms with Crippen molar-refractivity contribution in [1.82, 2.24) is 15.5 Å². The molecule has 3 amide bonds. The molecule has 7 heteroatoms. The van der Waals surface area contributed by atoms with E-state index in [0.29, 0.717) is 45.6 Å². The SMILES string of the molecule is O=C1CNC(=O)C2(C/C=C/C[C@H]3COCC[C@H]3N1)CCN(C(=O)/C=C/c1ccccc1)CC2. The Morgan fingerprint density at radius 2 is 1.91 bits per heavy atom. The number of hydrogen-bond donors (Lipinski definition) is 2. The molecule has 0 saturated carbocycles. The molecule has 1 aromatic carbocycles. The van der Waals surface area contributed by atoms with E-state index in [9.17, 15) is 14.4 Å². The largest absolute Gasteiger partial charge is 0.381 e. The lowest BCUT2D eigenvalue weighted by atomic mass is 9.74. The van der Waals surface area contributed by atoms with Gasteiger partial charge in [-0.05, 0) is 43.7 Å². The lowest BCUT2D eigenvalue weighted by Crippen LogP contribution is -2.53. The molecule has 33 heavy (non-hydrogen) atoms. The first-order valence-corrected chi connectivity index (χ1v) is 11.9. The molecule has 3 aliphatic rings. The highest BCUT2D eigenvalue weighted by atomic mass is 16.5. The summed E-state index contributed by atoms with van der Waals surface area (Å²) < 4.78 is 5.61. The van der Waals surface area contributed by atoms with Crippen LogP contribution in [0.15, 0.2) is 48.6 Å². The number of allylic oxidation sites excluding steroid dienone is 2. The summed E-state index contributed by atoms with van der Waals surface area (Å²) in [4.78, 5) is 40.1. The van der Waals surface area contributed by atoms with Crippen molar-refractivity contribution in [3.05, 3.63) is 54.1 Å². The molecule has 3 aliphatic heterocycles. The van der Waals surface area contributed by atoms with Crippen LogP contribution >= 0.6 is 0 Å². The third-order valence-corrected chi connectivity index (χ3v) is 7.08. The van der Waals surface area contributed by atoms with Crippen LogP contribution in [0.2, 0.25) is 0 Å². The van der Waals surface area contributed by atoms with Gasteiger partial charge in [0, 0.05) is 37.7 Å². The molecule has 0 aromatic heterocycles. The summed E-state index contributed by atoms with van der Waals surface area (Å²) in [5.41, 5.74) is 0.380. The number of carbonyl (C=O) groups excluding carboxylic acids is 3. The summed E-state index contributed by atoms with van der Waals surface area (Å²) in [7, 11) is 0. The molecule has 2 atom stereocenters. The fraction of sp³-hybridized carbons (Fsp3) is 0.500. The van der Waals surface area contributed by atoms with Crippen molar-refractivity contribution >= 4 is 23.8 Å². The van der Waals surface area contributed by atoms with Crippen LogP contribution in [-0.4, -0.2) is 61.5 Å². The van der Waals surface area contributed by atoms with Gasteiger partial charge in [-0.25, -0.2) is 0 Å². The Kier molecular flexibility index (Phi) is 7.60. The summed E-state index contributed by atoms with van der Waals surface area (Å²) in [6.45, 7) is 2.31. The maximum Gasteiger partial charge on any atom is 0.246 e. The van der Waals surface area contributed by atoms with Crippen molar-refractivity contribution in [2.45, 2.75) is 38.1 Å². The fourth-order valence-corrected chi connectivity index (χ4v) is 4.92. The number of fused-ring (bicyclic) bond motifs is 1. The van der Waals surface area contributed by atoms with Crippen LogP contribution in [-0.2, 0) is 19.1 Å². The molecule has 3 heterocycles. The number of piperidine rings is 1. The molecule has 0 radical (unpaired) electrons. The molecular formula is C26H33N3O4. The Bertz CT molecular complexity index is 903. The second kappa shape index (κ2) is 10.8. The van der Waals surface area contributed by atoms with E-state index in [-0.39, 0.29) is 36.2 Å². The van der Waals surface area contributed by atoms with Gasteiger partial charge in [0.15, 0.2) is 0 Å². The van der Waals surface area contributed by atoms with E-state index in [1.54, 1.807) is 11.0 Å². The van der Waals surface area contributed by atoms with Crippen LogP contribution in [0.3, 0.4) is 0 Å². The standard InChI is InChI=1S/C26H33N3O4/c30-23-18-27-25(32)26(12-5-4-8-21-19-33-17-11-22(21)28-23)13-15-29(16-14-26)24(31)10-9-20-6-2-1-3-7-20/h1-7,9-10,21-22H,8,11-19H2,(H,27,32)(H,28,30)/b5-4+,10-9+/t21-,22+/m0/s1. The average molecular weight is 452 g/mol. The number of hydrogen-bond acceptors (Lipinski definition) is 4. The zero-order chi connectivity index (χ0) is 23.1. The monoisotopic (exact) mass is 451 g/mol. The van der Waals surface area contributed by atoms with E-state index in [4.69, 9.17) is 4.74 Å². The molecule has 2 fully saturated rings. The fourth-order valence-electron chi connectivity index (χ4n) is 4.92. The molecule has 4 rings (SSSR count). The van der Waals surface area contributed by atoms with Gasteiger partial charge in [-0.1, -0.05) is 42.5 Å². The predicted octanol–water partition coefficient (Wildman–Crippen LogP) is 2.30. The number of carbonyl (C=O) groups is 3. The zero-order valence-electron chi connectivity index (χ0n) is 19.0. The summed E-state index contributed by atoms with van der Waals surface area (Å²) in [5.74, 6) is -0.0432. The topological polar surface area (TPSA) is 87.7 Å². The van der Waals surface area contributed by atoms with Gasteiger partial charge in [-0.15, -0.1) is 0 Å². The van der Waals surface area contributed by atoms with Crippen molar-refractivity contribution in [3.63, 3.8) is 0 Å². The van der Waals surface area contributed by atoms with Gasteiger partial charge < -0.3 is 20.3 Å². The third-order valence-electron chi connectivity index (χ3n) is 7.08. The van der Waals surface area contributed by atoms with E-state index in [0.717, 1.165) is 18.4 Å². The van der Waals surface area contributed by atoms with Crippen LogP contribution in [0, 0.1) is 11.3 Å². The van der Waals surface area contributed by atoms with Gasteiger partial charge >= 0.3 is 0 Å². The molecule has 0 unspecified atom stereocenters. The minimum atomic E-state index is -0.599. The molecule has 1 spiro atoms. The first-order chi connectivity index (χ1) is 16.1. The highest BCUT2D eigenvalue weighted by Crippen LogP contribution is 2.36. The van der Waals surface area contributed by atoms with Crippen molar-refractivity contribution in [1.29, 1.82) is 0 Å². The molecule has 1 aromatic rings. The molecule has 0 aliphatic carbocycles. The van der Waals surface area contributed by atoms with E-state index >= 15 is 0 Å². The summed E-state index contributed by atoms with van der Waals surface area (Å²) in [5, 5.41) is 5.93. The van der Waals surface area contributed by atoms with Crippen molar-refractivity contribution < 1.29 is 19.1 Å². The highest BCUT2D eigenvalue weighted by Gasteiger charge is 2.41. The second-order valence-corrected chi connectivity index (χ2v) is 9.24. The number of likely N-dealkylation sites (tertiary alicyclic amines) is 1. The molecular weight excluding hydrogens is 418 g/mol. The van der Waals surface area contributed by atoms with Crippen LogP contribution in [0.4, 0.5) is 0 Å². The number of rotatable bonds is 2. The van der Waals surface area contributed by atoms with Crippen LogP contribution in [0.1, 0.15) is 37.7 Å². The van der Waals surface area contributed by atoms with Gasteiger partial charge in [0.2, 0.25) is 17.7 Å². The maximum atomic E-state index is 13.2. The average Bonchev–Trinajstić information content (AvgIpc) is 2.85. The molecule has 176 valence electrons. The summed E-state index contributed by atoms with van der Waals surface area (Å²) >= 11 is 0. The number of amides is 3. The minimum absolute atomic E-state index is 0.0170. The van der Waals surface area contributed by atoms with Crippen LogP contribution < -0.4 is 10.6 Å². The molecule has 2 N–H and O–H groups in total. The third kappa shape index (κ3) is 5.90. The van der Waals surface area contributed by atoms with Gasteiger partial charge in [0.05, 0.1) is 18.6 Å². The Labute approximate surface area is 195 Å². The van der Waals surface area contributed by atoms with Gasteiger partial charge in [-0.3, -0.25) is 14.4 Å². The van der Waals surface area contributed by atoms with E-state index in [1.165, 1.54) is 0 Å². The Hall–Kier alpha value is -2.93. The first kappa shape index (κ1) is 23.2. The van der Waals surface area contributed by atoms with Gasteiger partial charge in [0.25, 0.3) is 0 Å². The Morgan fingerprint density at radius 1 is 1.12 bits per heavy atom. The molecule has 2 saturated heterocycles. The van der Waals surface area contributed by atoms with E-state index in [1.807, 2.05) is 36.4 Å². The second-order valence-electron chi connectivity index (χ2n) is 9.24. The van der Waals surface area contributed by atoms with E-state index < -0.39 is 5.41 Å².